The number of amides is 2. The van der Waals surface area contributed by atoms with Gasteiger partial charge in [-0.2, -0.15) is 0 Å². The fourth-order valence-corrected chi connectivity index (χ4v) is 1.20. The molecule has 4 nitrogen and oxygen atoms in total. The SMILES string of the molecule is CNC(=O)Nc1ccc(C)cc1CN. The number of carbonyl (C=O) groups excluding carboxylic acids is 1. The van der Waals surface area contributed by atoms with Crippen LogP contribution in [0, 0.1) is 6.92 Å². The normalized spacial score (nSPS) is 9.64. The zero-order valence-corrected chi connectivity index (χ0v) is 8.42. The molecule has 1 rings (SSSR count). The predicted molar refractivity (Wildman–Crippen MR) is 57.1 cm³/mol. The highest BCUT2D eigenvalue weighted by atomic mass is 16.2. The van der Waals surface area contributed by atoms with Crippen molar-refractivity contribution in [2.24, 2.45) is 5.73 Å². The summed E-state index contributed by atoms with van der Waals surface area (Å²) in [4.78, 5) is 11.1. The first-order chi connectivity index (χ1) is 6.67. The summed E-state index contributed by atoms with van der Waals surface area (Å²) in [5.74, 6) is 0. The Bertz CT molecular complexity index is 336. The minimum Gasteiger partial charge on any atom is -0.341 e. The van der Waals surface area contributed by atoms with Gasteiger partial charge in [0.25, 0.3) is 0 Å². The van der Waals surface area contributed by atoms with Crippen molar-refractivity contribution in [3.05, 3.63) is 29.3 Å². The van der Waals surface area contributed by atoms with Crippen LogP contribution in [0.25, 0.3) is 0 Å². The van der Waals surface area contributed by atoms with Crippen molar-refractivity contribution in [1.82, 2.24) is 5.32 Å². The summed E-state index contributed by atoms with van der Waals surface area (Å²) in [7, 11) is 1.58. The van der Waals surface area contributed by atoms with Crippen LogP contribution in [0.1, 0.15) is 11.1 Å². The Balaban J connectivity index is 2.90. The monoisotopic (exact) mass is 193 g/mol. The molecule has 4 N–H and O–H groups in total. The van der Waals surface area contributed by atoms with Gasteiger partial charge in [0.1, 0.15) is 0 Å². The van der Waals surface area contributed by atoms with Crippen molar-refractivity contribution in [2.75, 3.05) is 12.4 Å². The highest BCUT2D eigenvalue weighted by Gasteiger charge is 2.03. The second kappa shape index (κ2) is 4.62. The molecule has 14 heavy (non-hydrogen) atoms. The predicted octanol–water partition coefficient (Wildman–Crippen LogP) is 1.21. The van der Waals surface area contributed by atoms with Crippen molar-refractivity contribution >= 4 is 11.7 Å². The summed E-state index contributed by atoms with van der Waals surface area (Å²) < 4.78 is 0. The third-order valence-corrected chi connectivity index (χ3v) is 1.96. The number of urea groups is 1. The quantitative estimate of drug-likeness (QED) is 0.660. The molecule has 0 aromatic heterocycles. The number of anilines is 1. The van der Waals surface area contributed by atoms with Crippen molar-refractivity contribution in [1.29, 1.82) is 0 Å². The minimum atomic E-state index is -0.233. The van der Waals surface area contributed by atoms with Gasteiger partial charge in [0, 0.05) is 19.3 Å². The smallest absolute Gasteiger partial charge is 0.318 e. The van der Waals surface area contributed by atoms with E-state index in [9.17, 15) is 4.79 Å². The van der Waals surface area contributed by atoms with Crippen LogP contribution in [0.15, 0.2) is 18.2 Å². The first-order valence-electron chi connectivity index (χ1n) is 4.45. The maximum Gasteiger partial charge on any atom is 0.318 e. The Hall–Kier alpha value is -1.55. The Labute approximate surface area is 83.5 Å². The maximum absolute atomic E-state index is 11.1. The molecule has 76 valence electrons. The molecular weight excluding hydrogens is 178 g/mol. The van der Waals surface area contributed by atoms with Gasteiger partial charge in [-0.3, -0.25) is 0 Å². The molecule has 0 bridgehead atoms. The number of carbonyl (C=O) groups is 1. The van der Waals surface area contributed by atoms with Crippen LogP contribution >= 0.6 is 0 Å². The van der Waals surface area contributed by atoms with E-state index in [0.717, 1.165) is 16.8 Å². The molecule has 0 saturated heterocycles. The van der Waals surface area contributed by atoms with Gasteiger partial charge in [0.15, 0.2) is 0 Å². The van der Waals surface area contributed by atoms with E-state index < -0.39 is 0 Å². The molecule has 0 radical (unpaired) electrons. The van der Waals surface area contributed by atoms with E-state index in [0.29, 0.717) is 6.54 Å². The maximum atomic E-state index is 11.1. The van der Waals surface area contributed by atoms with E-state index in [2.05, 4.69) is 10.6 Å². The Morgan fingerprint density at radius 2 is 2.21 bits per heavy atom. The average molecular weight is 193 g/mol. The molecule has 0 aliphatic heterocycles. The molecule has 0 saturated carbocycles. The van der Waals surface area contributed by atoms with Crippen LogP contribution in [-0.2, 0) is 6.54 Å². The van der Waals surface area contributed by atoms with Crippen molar-refractivity contribution < 1.29 is 4.79 Å². The standard InChI is InChI=1S/C10H15N3O/c1-7-3-4-9(8(5-7)6-11)13-10(14)12-2/h3-5H,6,11H2,1-2H3,(H2,12,13,14). The van der Waals surface area contributed by atoms with Gasteiger partial charge in [-0.25, -0.2) is 4.79 Å². The van der Waals surface area contributed by atoms with E-state index in [4.69, 9.17) is 5.73 Å². The fourth-order valence-electron chi connectivity index (χ4n) is 1.20. The number of hydrogen-bond acceptors (Lipinski definition) is 2. The number of nitrogens with one attached hydrogen (secondary N) is 2. The molecule has 0 spiro atoms. The highest BCUT2D eigenvalue weighted by molar-refractivity contribution is 5.89. The number of rotatable bonds is 2. The number of nitrogens with two attached hydrogens (primary N) is 1. The van der Waals surface area contributed by atoms with E-state index in [1.807, 2.05) is 25.1 Å². The van der Waals surface area contributed by atoms with Gasteiger partial charge in [-0.1, -0.05) is 17.7 Å². The van der Waals surface area contributed by atoms with Crippen LogP contribution in [0.2, 0.25) is 0 Å². The van der Waals surface area contributed by atoms with E-state index in [1.165, 1.54) is 0 Å². The first-order valence-corrected chi connectivity index (χ1v) is 4.45. The van der Waals surface area contributed by atoms with Crippen LogP contribution in [-0.4, -0.2) is 13.1 Å². The Morgan fingerprint density at radius 1 is 1.50 bits per heavy atom. The lowest BCUT2D eigenvalue weighted by Crippen LogP contribution is -2.25. The number of hydrogen-bond donors (Lipinski definition) is 3. The summed E-state index contributed by atoms with van der Waals surface area (Å²) in [5.41, 5.74) is 8.40. The lowest BCUT2D eigenvalue weighted by atomic mass is 10.1. The summed E-state index contributed by atoms with van der Waals surface area (Å²) in [6.45, 7) is 2.41. The van der Waals surface area contributed by atoms with Crippen molar-refractivity contribution in [3.8, 4) is 0 Å². The minimum absolute atomic E-state index is 0.233. The molecule has 0 aliphatic rings. The summed E-state index contributed by atoms with van der Waals surface area (Å²) >= 11 is 0. The first kappa shape index (κ1) is 10.5. The van der Waals surface area contributed by atoms with E-state index >= 15 is 0 Å². The molecular formula is C10H15N3O. The topological polar surface area (TPSA) is 67.2 Å². The third kappa shape index (κ3) is 2.47. The fraction of sp³-hybridized carbons (Fsp3) is 0.300. The van der Waals surface area contributed by atoms with Gasteiger partial charge in [0.05, 0.1) is 0 Å². The zero-order valence-electron chi connectivity index (χ0n) is 8.42. The average Bonchev–Trinajstić information content (AvgIpc) is 2.20. The molecule has 1 aromatic rings. The molecule has 0 atom stereocenters. The summed E-state index contributed by atoms with van der Waals surface area (Å²) in [6, 6.07) is 5.52. The van der Waals surface area contributed by atoms with E-state index in [1.54, 1.807) is 7.05 Å². The van der Waals surface area contributed by atoms with Crippen molar-refractivity contribution in [3.63, 3.8) is 0 Å². The highest BCUT2D eigenvalue weighted by Crippen LogP contribution is 2.16. The van der Waals surface area contributed by atoms with E-state index in [-0.39, 0.29) is 6.03 Å². The molecule has 1 aromatic carbocycles. The molecule has 0 fully saturated rings. The van der Waals surface area contributed by atoms with Crippen LogP contribution < -0.4 is 16.4 Å². The van der Waals surface area contributed by atoms with Crippen LogP contribution in [0.5, 0.6) is 0 Å². The molecule has 4 heteroatoms. The number of benzene rings is 1. The lowest BCUT2D eigenvalue weighted by Gasteiger charge is -2.09. The van der Waals surface area contributed by atoms with Gasteiger partial charge in [-0.15, -0.1) is 0 Å². The van der Waals surface area contributed by atoms with Gasteiger partial charge in [0.2, 0.25) is 0 Å². The molecule has 0 aliphatic carbocycles. The van der Waals surface area contributed by atoms with Gasteiger partial charge < -0.3 is 16.4 Å². The van der Waals surface area contributed by atoms with Crippen LogP contribution in [0.3, 0.4) is 0 Å². The van der Waals surface area contributed by atoms with Gasteiger partial charge in [-0.05, 0) is 18.6 Å². The third-order valence-electron chi connectivity index (χ3n) is 1.96. The summed E-state index contributed by atoms with van der Waals surface area (Å²) in [6.07, 6.45) is 0. The molecule has 2 amide bonds. The zero-order chi connectivity index (χ0) is 10.6. The Kier molecular flexibility index (Phi) is 3.48. The largest absolute Gasteiger partial charge is 0.341 e. The molecule has 0 heterocycles. The lowest BCUT2D eigenvalue weighted by molar-refractivity contribution is 0.254. The Morgan fingerprint density at radius 3 is 2.79 bits per heavy atom. The van der Waals surface area contributed by atoms with Gasteiger partial charge >= 0.3 is 6.03 Å². The van der Waals surface area contributed by atoms with Crippen molar-refractivity contribution in [2.45, 2.75) is 13.5 Å². The second-order valence-corrected chi connectivity index (χ2v) is 3.07. The van der Waals surface area contributed by atoms with Crippen LogP contribution in [0.4, 0.5) is 10.5 Å². The molecule has 0 unspecified atom stereocenters. The number of aryl methyl sites for hydroxylation is 1. The summed E-state index contributed by atoms with van der Waals surface area (Å²) in [5, 5.41) is 5.20. The second-order valence-electron chi connectivity index (χ2n) is 3.07.